The summed E-state index contributed by atoms with van der Waals surface area (Å²) in [5, 5.41) is 21.2. The molecule has 1 heterocycles. The highest BCUT2D eigenvalue weighted by molar-refractivity contribution is 7.98. The molecule has 1 aromatic carbocycles. The van der Waals surface area contributed by atoms with Crippen molar-refractivity contribution in [1.82, 2.24) is 5.32 Å². The topological polar surface area (TPSA) is 71.0 Å². The summed E-state index contributed by atoms with van der Waals surface area (Å²) < 4.78 is 11.1. The lowest BCUT2D eigenvalue weighted by molar-refractivity contribution is 0.167. The fourth-order valence-electron chi connectivity index (χ4n) is 1.88. The van der Waals surface area contributed by atoms with Gasteiger partial charge in [-0.25, -0.2) is 0 Å². The maximum atomic E-state index is 9.05. The average Bonchev–Trinajstić information content (AvgIpc) is 2.47. The van der Waals surface area contributed by atoms with Gasteiger partial charge < -0.3 is 25.0 Å². The van der Waals surface area contributed by atoms with Crippen molar-refractivity contribution in [1.29, 1.82) is 0 Å². The maximum Gasteiger partial charge on any atom is 0.162 e. The zero-order valence-corrected chi connectivity index (χ0v) is 11.7. The van der Waals surface area contributed by atoms with E-state index in [1.54, 1.807) is 11.8 Å². The molecule has 0 fully saturated rings. The van der Waals surface area contributed by atoms with Crippen molar-refractivity contribution < 1.29 is 19.7 Å². The van der Waals surface area contributed by atoms with Crippen LogP contribution in [0, 0.1) is 0 Å². The molecule has 0 bridgehead atoms. The van der Waals surface area contributed by atoms with E-state index in [0.717, 1.165) is 22.0 Å². The molecule has 106 valence electrons. The molecule has 1 aromatic rings. The van der Waals surface area contributed by atoms with E-state index < -0.39 is 0 Å². The Balaban J connectivity index is 2.14. The van der Waals surface area contributed by atoms with Crippen LogP contribution < -0.4 is 14.8 Å². The van der Waals surface area contributed by atoms with Crippen molar-refractivity contribution in [3.63, 3.8) is 0 Å². The molecule has 1 aliphatic rings. The van der Waals surface area contributed by atoms with Gasteiger partial charge in [-0.1, -0.05) is 0 Å². The van der Waals surface area contributed by atoms with Gasteiger partial charge in [0.05, 0.1) is 19.3 Å². The summed E-state index contributed by atoms with van der Waals surface area (Å²) in [6, 6.07) is 3.63. The second kappa shape index (κ2) is 7.00. The highest BCUT2D eigenvalue weighted by atomic mass is 32.2. The van der Waals surface area contributed by atoms with Crippen LogP contribution in [0.4, 0.5) is 0 Å². The summed E-state index contributed by atoms with van der Waals surface area (Å²) in [5.74, 6) is 1.53. The van der Waals surface area contributed by atoms with Crippen LogP contribution in [0.3, 0.4) is 0 Å². The molecule has 0 atom stereocenters. The minimum Gasteiger partial charge on any atom is -0.486 e. The molecule has 3 N–H and O–H groups in total. The second-order valence-electron chi connectivity index (χ2n) is 4.25. The van der Waals surface area contributed by atoms with E-state index in [1.165, 1.54) is 0 Å². The Morgan fingerprint density at radius 1 is 1.21 bits per heavy atom. The van der Waals surface area contributed by atoms with Gasteiger partial charge in [0.15, 0.2) is 11.5 Å². The van der Waals surface area contributed by atoms with Gasteiger partial charge in [-0.3, -0.25) is 0 Å². The Labute approximate surface area is 116 Å². The summed E-state index contributed by atoms with van der Waals surface area (Å²) in [7, 11) is 0. The number of rotatable bonds is 6. The molecule has 1 aliphatic heterocycles. The number of ether oxygens (including phenoxy) is 2. The number of benzene rings is 1. The average molecular weight is 285 g/mol. The first kappa shape index (κ1) is 14.5. The summed E-state index contributed by atoms with van der Waals surface area (Å²) in [6.45, 7) is 1.54. The van der Waals surface area contributed by atoms with Crippen LogP contribution >= 0.6 is 11.8 Å². The number of fused-ring (bicyclic) bond motifs is 1. The highest BCUT2D eigenvalue weighted by Crippen LogP contribution is 2.36. The third kappa shape index (κ3) is 3.54. The first-order valence-electron chi connectivity index (χ1n) is 6.20. The minimum absolute atomic E-state index is 0.0876. The zero-order valence-electron chi connectivity index (χ0n) is 10.9. The molecular formula is C13H19NO4S. The van der Waals surface area contributed by atoms with Crippen LogP contribution in [-0.4, -0.2) is 48.9 Å². The van der Waals surface area contributed by atoms with E-state index in [1.807, 2.05) is 18.4 Å². The standard InChI is InChI=1S/C13H19NO4S/c1-19-13-5-12-11(17-2-3-18-12)4-9(13)6-14-10(7-15)8-16/h4-5,10,14-16H,2-3,6-8H2,1H3. The molecule has 0 saturated carbocycles. The molecule has 0 saturated heterocycles. The van der Waals surface area contributed by atoms with Crippen LogP contribution in [0.5, 0.6) is 11.5 Å². The van der Waals surface area contributed by atoms with Crippen molar-refractivity contribution in [2.75, 3.05) is 32.7 Å². The zero-order chi connectivity index (χ0) is 13.7. The van der Waals surface area contributed by atoms with Gasteiger partial charge in [-0.15, -0.1) is 11.8 Å². The molecule has 6 heteroatoms. The fraction of sp³-hybridized carbons (Fsp3) is 0.538. The van der Waals surface area contributed by atoms with E-state index in [2.05, 4.69) is 5.32 Å². The Morgan fingerprint density at radius 3 is 2.42 bits per heavy atom. The van der Waals surface area contributed by atoms with E-state index >= 15 is 0 Å². The Hall–Kier alpha value is -0.950. The Kier molecular flexibility index (Phi) is 5.33. The maximum absolute atomic E-state index is 9.05. The van der Waals surface area contributed by atoms with Crippen molar-refractivity contribution >= 4 is 11.8 Å². The molecule has 5 nitrogen and oxygen atoms in total. The molecule has 0 aromatic heterocycles. The van der Waals surface area contributed by atoms with Crippen LogP contribution in [0.15, 0.2) is 17.0 Å². The number of hydrogen-bond acceptors (Lipinski definition) is 6. The van der Waals surface area contributed by atoms with Crippen LogP contribution in [-0.2, 0) is 6.54 Å². The van der Waals surface area contributed by atoms with E-state index in [9.17, 15) is 0 Å². The van der Waals surface area contributed by atoms with Crippen LogP contribution in [0.2, 0.25) is 0 Å². The third-order valence-electron chi connectivity index (χ3n) is 2.97. The molecule has 0 radical (unpaired) electrons. The Morgan fingerprint density at radius 2 is 1.84 bits per heavy atom. The van der Waals surface area contributed by atoms with Gasteiger partial charge in [0.2, 0.25) is 0 Å². The number of aliphatic hydroxyl groups excluding tert-OH is 2. The molecule has 0 amide bonds. The fourth-order valence-corrected chi connectivity index (χ4v) is 2.50. The third-order valence-corrected chi connectivity index (χ3v) is 3.79. The van der Waals surface area contributed by atoms with E-state index in [0.29, 0.717) is 19.8 Å². The number of aliphatic hydroxyl groups is 2. The first-order chi connectivity index (χ1) is 9.28. The number of hydrogen-bond donors (Lipinski definition) is 3. The molecule has 0 aliphatic carbocycles. The first-order valence-corrected chi connectivity index (χ1v) is 7.42. The van der Waals surface area contributed by atoms with Gasteiger partial charge in [0.25, 0.3) is 0 Å². The van der Waals surface area contributed by atoms with Crippen molar-refractivity contribution in [3.8, 4) is 11.5 Å². The molecule has 0 spiro atoms. The van der Waals surface area contributed by atoms with E-state index in [4.69, 9.17) is 19.7 Å². The van der Waals surface area contributed by atoms with Crippen molar-refractivity contribution in [2.24, 2.45) is 0 Å². The van der Waals surface area contributed by atoms with Gasteiger partial charge in [0.1, 0.15) is 13.2 Å². The molecular weight excluding hydrogens is 266 g/mol. The largest absolute Gasteiger partial charge is 0.486 e. The highest BCUT2D eigenvalue weighted by Gasteiger charge is 2.16. The van der Waals surface area contributed by atoms with Crippen molar-refractivity contribution in [2.45, 2.75) is 17.5 Å². The minimum atomic E-state index is -0.303. The molecule has 19 heavy (non-hydrogen) atoms. The SMILES string of the molecule is CSc1cc2c(cc1CNC(CO)CO)OCCO2. The Bertz CT molecular complexity index is 423. The number of nitrogens with one attached hydrogen (secondary N) is 1. The van der Waals surface area contributed by atoms with Crippen LogP contribution in [0.25, 0.3) is 0 Å². The van der Waals surface area contributed by atoms with Crippen LogP contribution in [0.1, 0.15) is 5.56 Å². The lowest BCUT2D eigenvalue weighted by Crippen LogP contribution is -2.35. The van der Waals surface area contributed by atoms with Gasteiger partial charge in [0, 0.05) is 11.4 Å². The molecule has 0 unspecified atom stereocenters. The van der Waals surface area contributed by atoms with E-state index in [-0.39, 0.29) is 19.3 Å². The van der Waals surface area contributed by atoms with Crippen molar-refractivity contribution in [3.05, 3.63) is 17.7 Å². The summed E-state index contributed by atoms with van der Waals surface area (Å²) in [6.07, 6.45) is 2.00. The summed E-state index contributed by atoms with van der Waals surface area (Å²) >= 11 is 1.63. The molecule has 2 rings (SSSR count). The second-order valence-corrected chi connectivity index (χ2v) is 5.10. The van der Waals surface area contributed by atoms with Gasteiger partial charge in [-0.05, 0) is 24.0 Å². The lowest BCUT2D eigenvalue weighted by Gasteiger charge is -2.21. The monoisotopic (exact) mass is 285 g/mol. The number of thioether (sulfide) groups is 1. The normalized spacial score (nSPS) is 13.9. The van der Waals surface area contributed by atoms with Gasteiger partial charge in [-0.2, -0.15) is 0 Å². The predicted octanol–water partition coefficient (Wildman–Crippen LogP) is 0.622. The predicted molar refractivity (Wildman–Crippen MR) is 74.0 cm³/mol. The lowest BCUT2D eigenvalue weighted by atomic mass is 10.1. The summed E-state index contributed by atoms with van der Waals surface area (Å²) in [4.78, 5) is 1.10. The van der Waals surface area contributed by atoms with Gasteiger partial charge >= 0.3 is 0 Å². The smallest absolute Gasteiger partial charge is 0.162 e. The quantitative estimate of drug-likeness (QED) is 0.666. The summed E-state index contributed by atoms with van der Waals surface area (Å²) in [5.41, 5.74) is 1.07.